The van der Waals surface area contributed by atoms with E-state index in [1.54, 1.807) is 0 Å². The maximum atomic E-state index is 12.8. The summed E-state index contributed by atoms with van der Waals surface area (Å²) in [6, 6.07) is 7.64. The first-order valence-electron chi connectivity index (χ1n) is 5.86. The van der Waals surface area contributed by atoms with E-state index < -0.39 is 10.7 Å². The van der Waals surface area contributed by atoms with Crippen LogP contribution in [0.3, 0.4) is 0 Å². The molecule has 0 fully saturated rings. The number of phenolic OH excluding ortho intramolecular Hbond substituents is 1. The van der Waals surface area contributed by atoms with Crippen LogP contribution >= 0.6 is 0 Å². The zero-order chi connectivity index (χ0) is 15.4. The Morgan fingerprint density at radius 2 is 2.00 bits per heavy atom. The summed E-state index contributed by atoms with van der Waals surface area (Å²) in [5.41, 5.74) is 0.344. The highest BCUT2D eigenvalue weighted by Crippen LogP contribution is 2.33. The van der Waals surface area contributed by atoms with Crippen molar-refractivity contribution >= 4 is 17.6 Å². The fraction of sp³-hybridized carbons (Fsp3) is 0.0714. The van der Waals surface area contributed by atoms with E-state index in [9.17, 15) is 19.6 Å². The Kier molecular flexibility index (Phi) is 4.13. The highest BCUT2D eigenvalue weighted by atomic mass is 19.1. The van der Waals surface area contributed by atoms with Gasteiger partial charge < -0.3 is 9.84 Å². The number of rotatable bonds is 4. The largest absolute Gasteiger partial charge is 0.504 e. The van der Waals surface area contributed by atoms with Crippen molar-refractivity contribution in [3.05, 3.63) is 57.9 Å². The first-order valence-corrected chi connectivity index (χ1v) is 5.86. The minimum atomic E-state index is -0.600. The van der Waals surface area contributed by atoms with Crippen molar-refractivity contribution in [3.63, 3.8) is 0 Å². The molecule has 0 aliphatic heterocycles. The van der Waals surface area contributed by atoms with Crippen LogP contribution in [0.2, 0.25) is 0 Å². The van der Waals surface area contributed by atoms with Crippen LogP contribution in [-0.4, -0.2) is 23.4 Å². The average molecular weight is 290 g/mol. The molecule has 0 aliphatic rings. The summed E-state index contributed by atoms with van der Waals surface area (Å²) in [6.45, 7) is 0. The van der Waals surface area contributed by atoms with Gasteiger partial charge in [-0.3, -0.25) is 15.1 Å². The van der Waals surface area contributed by atoms with Crippen molar-refractivity contribution in [1.82, 2.24) is 0 Å². The number of phenols is 1. The Morgan fingerprint density at radius 3 is 2.57 bits per heavy atom. The maximum Gasteiger partial charge on any atom is 0.274 e. The summed E-state index contributed by atoms with van der Waals surface area (Å²) in [5.74, 6) is -0.674. The van der Waals surface area contributed by atoms with E-state index in [1.165, 1.54) is 43.7 Å². The lowest BCUT2D eigenvalue weighted by Crippen LogP contribution is -1.94. The number of aliphatic imine (C=N–C) groups is 1. The van der Waals surface area contributed by atoms with Gasteiger partial charge in [0.2, 0.25) is 0 Å². The van der Waals surface area contributed by atoms with Crippen LogP contribution in [-0.2, 0) is 0 Å². The van der Waals surface area contributed by atoms with Gasteiger partial charge in [-0.2, -0.15) is 0 Å². The normalized spacial score (nSPS) is 10.8. The second-order valence-corrected chi connectivity index (χ2v) is 4.08. The standard InChI is InChI=1S/C14H11FN2O4/c1-21-13-7-12(17(19)20)6-9(14(13)18)8-16-11-4-2-10(15)3-5-11/h2-8,18H,1H3. The number of aromatic hydroxyl groups is 1. The number of nitro groups is 1. The number of nitrogens with zero attached hydrogens (tertiary/aromatic N) is 2. The van der Waals surface area contributed by atoms with E-state index >= 15 is 0 Å². The fourth-order valence-corrected chi connectivity index (χ4v) is 1.64. The number of nitro benzene ring substituents is 1. The van der Waals surface area contributed by atoms with Crippen molar-refractivity contribution in [2.45, 2.75) is 0 Å². The summed E-state index contributed by atoms with van der Waals surface area (Å²) in [7, 11) is 1.29. The Bertz CT molecular complexity index is 699. The highest BCUT2D eigenvalue weighted by Gasteiger charge is 2.15. The number of non-ortho nitro benzene ring substituents is 1. The number of hydrogen-bond donors (Lipinski definition) is 1. The Labute approximate surface area is 119 Å². The van der Waals surface area contributed by atoms with Crippen LogP contribution < -0.4 is 4.74 Å². The molecule has 0 saturated heterocycles. The van der Waals surface area contributed by atoms with Crippen LogP contribution in [0.4, 0.5) is 15.8 Å². The van der Waals surface area contributed by atoms with Crippen LogP contribution in [0.25, 0.3) is 0 Å². The molecule has 0 aromatic heterocycles. The van der Waals surface area contributed by atoms with Crippen LogP contribution in [0, 0.1) is 15.9 Å². The number of halogens is 1. The van der Waals surface area contributed by atoms with E-state index in [0.717, 1.165) is 6.07 Å². The molecule has 1 N–H and O–H groups in total. The third kappa shape index (κ3) is 3.33. The topological polar surface area (TPSA) is 85.0 Å². The monoisotopic (exact) mass is 290 g/mol. The second-order valence-electron chi connectivity index (χ2n) is 4.08. The fourth-order valence-electron chi connectivity index (χ4n) is 1.64. The minimum absolute atomic E-state index is 0.0234. The molecular formula is C14H11FN2O4. The molecule has 2 aromatic rings. The smallest absolute Gasteiger partial charge is 0.274 e. The van der Waals surface area contributed by atoms with E-state index in [4.69, 9.17) is 4.74 Å². The van der Waals surface area contributed by atoms with Gasteiger partial charge in [0, 0.05) is 17.8 Å². The number of hydrogen-bond acceptors (Lipinski definition) is 5. The number of methoxy groups -OCH3 is 1. The van der Waals surface area contributed by atoms with Gasteiger partial charge in [-0.1, -0.05) is 0 Å². The summed E-state index contributed by atoms with van der Waals surface area (Å²) in [4.78, 5) is 14.3. The second kappa shape index (κ2) is 6.00. The lowest BCUT2D eigenvalue weighted by molar-refractivity contribution is -0.385. The Hall–Kier alpha value is -2.96. The minimum Gasteiger partial charge on any atom is -0.504 e. The van der Waals surface area contributed by atoms with Crippen LogP contribution in [0.1, 0.15) is 5.56 Å². The molecule has 2 aromatic carbocycles. The van der Waals surface area contributed by atoms with Gasteiger partial charge in [0.25, 0.3) is 5.69 Å². The van der Waals surface area contributed by atoms with Gasteiger partial charge in [0.1, 0.15) is 5.82 Å². The molecule has 0 saturated carbocycles. The number of ether oxygens (including phenoxy) is 1. The van der Waals surface area contributed by atoms with E-state index in [0.29, 0.717) is 5.69 Å². The molecular weight excluding hydrogens is 279 g/mol. The summed E-state index contributed by atoms with van der Waals surface area (Å²) in [5, 5.41) is 20.7. The molecule has 0 heterocycles. The van der Waals surface area contributed by atoms with Gasteiger partial charge in [-0.05, 0) is 24.3 Å². The van der Waals surface area contributed by atoms with Crippen LogP contribution in [0.15, 0.2) is 41.4 Å². The lowest BCUT2D eigenvalue weighted by Gasteiger charge is -2.05. The molecule has 0 unspecified atom stereocenters. The quantitative estimate of drug-likeness (QED) is 0.532. The molecule has 6 nitrogen and oxygen atoms in total. The maximum absolute atomic E-state index is 12.8. The zero-order valence-corrected chi connectivity index (χ0v) is 11.0. The summed E-state index contributed by atoms with van der Waals surface area (Å²) >= 11 is 0. The van der Waals surface area contributed by atoms with E-state index in [1.807, 2.05) is 0 Å². The molecule has 0 atom stereocenters. The first kappa shape index (κ1) is 14.4. The molecule has 0 spiro atoms. The van der Waals surface area contributed by atoms with Crippen LogP contribution in [0.5, 0.6) is 11.5 Å². The molecule has 0 amide bonds. The highest BCUT2D eigenvalue weighted by molar-refractivity contribution is 5.87. The van der Waals surface area contributed by atoms with Gasteiger partial charge in [0.05, 0.1) is 23.8 Å². The van der Waals surface area contributed by atoms with Crippen molar-refractivity contribution in [2.24, 2.45) is 4.99 Å². The Morgan fingerprint density at radius 1 is 1.33 bits per heavy atom. The molecule has 108 valence electrons. The first-order chi connectivity index (χ1) is 10.0. The SMILES string of the molecule is COc1cc([N+](=O)[O-])cc(C=Nc2ccc(F)cc2)c1O. The molecule has 21 heavy (non-hydrogen) atoms. The molecule has 2 rings (SSSR count). The van der Waals surface area contributed by atoms with Crippen molar-refractivity contribution in [3.8, 4) is 11.5 Å². The summed E-state index contributed by atoms with van der Waals surface area (Å²) < 4.78 is 17.6. The predicted molar refractivity (Wildman–Crippen MR) is 75.0 cm³/mol. The lowest BCUT2D eigenvalue weighted by atomic mass is 10.1. The van der Waals surface area contributed by atoms with Gasteiger partial charge >= 0.3 is 0 Å². The average Bonchev–Trinajstić information content (AvgIpc) is 2.47. The number of benzene rings is 2. The van der Waals surface area contributed by atoms with E-state index in [2.05, 4.69) is 4.99 Å². The molecule has 7 heteroatoms. The van der Waals surface area contributed by atoms with Crippen molar-refractivity contribution in [2.75, 3.05) is 7.11 Å². The zero-order valence-electron chi connectivity index (χ0n) is 11.0. The van der Waals surface area contributed by atoms with Crippen molar-refractivity contribution in [1.29, 1.82) is 0 Å². The van der Waals surface area contributed by atoms with Gasteiger partial charge in [0.15, 0.2) is 11.5 Å². The summed E-state index contributed by atoms with van der Waals surface area (Å²) in [6.07, 6.45) is 1.25. The molecule has 0 bridgehead atoms. The third-order valence-corrected chi connectivity index (χ3v) is 2.70. The molecule has 0 radical (unpaired) electrons. The third-order valence-electron chi connectivity index (χ3n) is 2.70. The van der Waals surface area contributed by atoms with Crippen molar-refractivity contribution < 1.29 is 19.2 Å². The molecule has 0 aliphatic carbocycles. The van der Waals surface area contributed by atoms with Gasteiger partial charge in [-0.15, -0.1) is 0 Å². The van der Waals surface area contributed by atoms with E-state index in [-0.39, 0.29) is 22.7 Å². The van der Waals surface area contributed by atoms with Gasteiger partial charge in [-0.25, -0.2) is 4.39 Å². The Balaban J connectivity index is 2.40. The predicted octanol–water partition coefficient (Wildman–Crippen LogP) is 3.20.